The summed E-state index contributed by atoms with van der Waals surface area (Å²) >= 11 is 1.43. The van der Waals surface area contributed by atoms with E-state index in [1.165, 1.54) is 43.1 Å². The van der Waals surface area contributed by atoms with Gasteiger partial charge in [0.15, 0.2) is 4.87 Å². The first-order chi connectivity index (χ1) is 14.7. The van der Waals surface area contributed by atoms with Crippen LogP contribution in [0.1, 0.15) is 18.4 Å². The van der Waals surface area contributed by atoms with Gasteiger partial charge in [-0.25, -0.2) is 0 Å². The molecule has 2 aromatic rings. The van der Waals surface area contributed by atoms with Gasteiger partial charge in [0.2, 0.25) is 5.91 Å². The summed E-state index contributed by atoms with van der Waals surface area (Å²) in [5.41, 5.74) is -0.520. The third kappa shape index (κ3) is 4.04. The summed E-state index contributed by atoms with van der Waals surface area (Å²) < 4.78 is 49.7. The van der Waals surface area contributed by atoms with Gasteiger partial charge in [-0.1, -0.05) is 6.07 Å². The van der Waals surface area contributed by atoms with Gasteiger partial charge in [-0.15, -0.1) is 11.8 Å². The summed E-state index contributed by atoms with van der Waals surface area (Å²) in [6, 6.07) is 9.09. The Labute approximate surface area is 180 Å². The van der Waals surface area contributed by atoms with Crippen molar-refractivity contribution in [2.24, 2.45) is 0 Å². The SMILES string of the molecule is COc1ccc(Oc2cccc(C(F)(F)F)c2)cc1NC(=O)C12CCC(=O)N1CCS2. The van der Waals surface area contributed by atoms with Gasteiger partial charge < -0.3 is 19.7 Å². The first-order valence-electron chi connectivity index (χ1n) is 9.52. The van der Waals surface area contributed by atoms with Crippen LogP contribution in [0.25, 0.3) is 0 Å². The number of nitrogens with zero attached hydrogens (tertiary/aromatic N) is 1. The van der Waals surface area contributed by atoms with Crippen LogP contribution in [-0.2, 0) is 15.8 Å². The van der Waals surface area contributed by atoms with Gasteiger partial charge >= 0.3 is 6.18 Å². The number of ether oxygens (including phenoxy) is 2. The van der Waals surface area contributed by atoms with Crippen molar-refractivity contribution in [2.45, 2.75) is 23.9 Å². The molecule has 2 fully saturated rings. The highest BCUT2D eigenvalue weighted by atomic mass is 32.2. The second kappa shape index (κ2) is 7.99. The summed E-state index contributed by atoms with van der Waals surface area (Å²) in [5, 5.41) is 2.81. The van der Waals surface area contributed by atoms with E-state index in [2.05, 4.69) is 5.32 Å². The molecule has 31 heavy (non-hydrogen) atoms. The Morgan fingerprint density at radius 1 is 1.19 bits per heavy atom. The first-order valence-corrected chi connectivity index (χ1v) is 10.5. The number of benzene rings is 2. The molecular formula is C21H19F3N2O4S. The number of rotatable bonds is 5. The molecule has 2 aliphatic rings. The Morgan fingerprint density at radius 2 is 1.97 bits per heavy atom. The first kappa shape index (κ1) is 21.4. The maximum Gasteiger partial charge on any atom is 0.416 e. The zero-order chi connectivity index (χ0) is 22.2. The molecule has 0 aliphatic carbocycles. The van der Waals surface area contributed by atoms with Gasteiger partial charge in [0.1, 0.15) is 17.2 Å². The zero-order valence-corrected chi connectivity index (χ0v) is 17.3. The van der Waals surface area contributed by atoms with Crippen LogP contribution in [0, 0.1) is 0 Å². The lowest BCUT2D eigenvalue weighted by atomic mass is 10.1. The molecule has 2 aliphatic heterocycles. The van der Waals surface area contributed by atoms with Gasteiger partial charge in [0.25, 0.3) is 5.91 Å². The van der Waals surface area contributed by atoms with Crippen LogP contribution in [0.15, 0.2) is 42.5 Å². The molecule has 4 rings (SSSR count). The molecular weight excluding hydrogens is 433 g/mol. The number of amides is 2. The van der Waals surface area contributed by atoms with Crippen LogP contribution in [-0.4, -0.2) is 41.0 Å². The molecule has 6 nitrogen and oxygen atoms in total. The molecule has 0 bridgehead atoms. The lowest BCUT2D eigenvalue weighted by Crippen LogP contribution is -2.48. The van der Waals surface area contributed by atoms with Crippen molar-refractivity contribution in [3.8, 4) is 17.2 Å². The largest absolute Gasteiger partial charge is 0.495 e. The summed E-state index contributed by atoms with van der Waals surface area (Å²) in [7, 11) is 1.44. The minimum absolute atomic E-state index is 0.00905. The molecule has 0 spiro atoms. The topological polar surface area (TPSA) is 67.9 Å². The summed E-state index contributed by atoms with van der Waals surface area (Å²) in [5.74, 6) is 0.889. The second-order valence-corrected chi connectivity index (χ2v) is 8.49. The van der Waals surface area contributed by atoms with E-state index in [9.17, 15) is 22.8 Å². The Morgan fingerprint density at radius 3 is 2.71 bits per heavy atom. The Kier molecular flexibility index (Phi) is 5.50. The van der Waals surface area contributed by atoms with Crippen LogP contribution >= 0.6 is 11.8 Å². The molecule has 1 unspecified atom stereocenters. The number of halogens is 3. The smallest absolute Gasteiger partial charge is 0.416 e. The molecule has 2 heterocycles. The van der Waals surface area contributed by atoms with E-state index in [1.54, 1.807) is 11.0 Å². The van der Waals surface area contributed by atoms with E-state index in [0.717, 1.165) is 12.1 Å². The third-order valence-corrected chi connectivity index (χ3v) is 6.72. The fourth-order valence-electron chi connectivity index (χ4n) is 3.75. The molecule has 2 saturated heterocycles. The number of carbonyl (C=O) groups excluding carboxylic acids is 2. The number of anilines is 1. The predicted octanol–water partition coefficient (Wildman–Crippen LogP) is 4.51. The van der Waals surface area contributed by atoms with E-state index in [-0.39, 0.29) is 23.3 Å². The lowest BCUT2D eigenvalue weighted by molar-refractivity contribution is -0.137. The zero-order valence-electron chi connectivity index (χ0n) is 16.5. The number of hydrogen-bond acceptors (Lipinski definition) is 5. The van der Waals surface area contributed by atoms with Crippen molar-refractivity contribution in [3.63, 3.8) is 0 Å². The van der Waals surface area contributed by atoms with E-state index in [4.69, 9.17) is 9.47 Å². The number of nitrogens with one attached hydrogen (secondary N) is 1. The van der Waals surface area contributed by atoms with Crippen molar-refractivity contribution in [1.29, 1.82) is 0 Å². The Bertz CT molecular complexity index is 1030. The van der Waals surface area contributed by atoms with Crippen LogP contribution in [0.3, 0.4) is 0 Å². The molecule has 1 N–H and O–H groups in total. The van der Waals surface area contributed by atoms with E-state index in [1.807, 2.05) is 0 Å². The lowest BCUT2D eigenvalue weighted by Gasteiger charge is -2.29. The van der Waals surface area contributed by atoms with Crippen molar-refractivity contribution in [2.75, 3.05) is 24.7 Å². The standard InChI is InChI=1S/C21H19F3N2O4S/c1-29-17-6-5-15(30-14-4-2-3-13(11-14)21(22,23)24)12-16(17)25-19(28)20-8-7-18(27)26(20)9-10-31-20/h2-6,11-12H,7-10H2,1H3,(H,25,28). The highest BCUT2D eigenvalue weighted by Crippen LogP contribution is 2.46. The van der Waals surface area contributed by atoms with Crippen molar-refractivity contribution < 1.29 is 32.2 Å². The molecule has 1 atom stereocenters. The molecule has 2 aromatic carbocycles. The minimum atomic E-state index is -4.48. The molecule has 10 heteroatoms. The quantitative estimate of drug-likeness (QED) is 0.723. The van der Waals surface area contributed by atoms with Gasteiger partial charge in [-0.3, -0.25) is 9.59 Å². The van der Waals surface area contributed by atoms with Gasteiger partial charge in [0, 0.05) is 24.8 Å². The molecule has 2 amide bonds. The highest BCUT2D eigenvalue weighted by molar-refractivity contribution is 8.01. The Hall–Kier alpha value is -2.88. The maximum atomic E-state index is 13.1. The number of hydrogen-bond donors (Lipinski definition) is 1. The molecule has 0 radical (unpaired) electrons. The minimum Gasteiger partial charge on any atom is -0.495 e. The third-order valence-electron chi connectivity index (χ3n) is 5.24. The van der Waals surface area contributed by atoms with Crippen molar-refractivity contribution >= 4 is 29.3 Å². The van der Waals surface area contributed by atoms with Crippen molar-refractivity contribution in [3.05, 3.63) is 48.0 Å². The predicted molar refractivity (Wildman–Crippen MR) is 109 cm³/mol. The Balaban J connectivity index is 1.57. The van der Waals surface area contributed by atoms with Crippen LogP contribution in [0.5, 0.6) is 17.2 Å². The molecule has 164 valence electrons. The highest BCUT2D eigenvalue weighted by Gasteiger charge is 2.54. The normalized spacial score (nSPS) is 20.5. The molecule has 0 aromatic heterocycles. The number of thioether (sulfide) groups is 1. The number of fused-ring (bicyclic) bond motifs is 1. The van der Waals surface area contributed by atoms with Gasteiger partial charge in [-0.05, 0) is 36.8 Å². The number of alkyl halides is 3. The van der Waals surface area contributed by atoms with Crippen LogP contribution < -0.4 is 14.8 Å². The van der Waals surface area contributed by atoms with Gasteiger partial charge in [0.05, 0.1) is 18.4 Å². The summed E-state index contributed by atoms with van der Waals surface area (Å²) in [6.07, 6.45) is -3.75. The average Bonchev–Trinajstić information content (AvgIpc) is 3.30. The monoisotopic (exact) mass is 452 g/mol. The van der Waals surface area contributed by atoms with Crippen LogP contribution in [0.4, 0.5) is 18.9 Å². The fourth-order valence-corrected chi connectivity index (χ4v) is 5.14. The average molecular weight is 452 g/mol. The molecule has 0 saturated carbocycles. The summed E-state index contributed by atoms with van der Waals surface area (Å²) in [6.45, 7) is 0.521. The van der Waals surface area contributed by atoms with E-state index >= 15 is 0 Å². The fraction of sp³-hybridized carbons (Fsp3) is 0.333. The number of carbonyl (C=O) groups is 2. The van der Waals surface area contributed by atoms with Gasteiger partial charge in [-0.2, -0.15) is 13.2 Å². The summed E-state index contributed by atoms with van der Waals surface area (Å²) in [4.78, 5) is 25.9. The van der Waals surface area contributed by atoms with E-state index in [0.29, 0.717) is 36.6 Å². The van der Waals surface area contributed by atoms with Crippen molar-refractivity contribution in [1.82, 2.24) is 4.90 Å². The maximum absolute atomic E-state index is 13.1. The van der Waals surface area contributed by atoms with Crippen LogP contribution in [0.2, 0.25) is 0 Å². The second-order valence-electron chi connectivity index (χ2n) is 7.12. The van der Waals surface area contributed by atoms with E-state index < -0.39 is 16.6 Å². The number of methoxy groups -OCH3 is 1.